The van der Waals surface area contributed by atoms with Crippen LogP contribution in [-0.4, -0.2) is 102 Å². The van der Waals surface area contributed by atoms with Crippen molar-refractivity contribution in [2.75, 3.05) is 68.2 Å². The fraction of sp³-hybridized carbons (Fsp3) is 0.581. The zero-order valence-electron chi connectivity index (χ0n) is 27.6. The van der Waals surface area contributed by atoms with E-state index in [2.05, 4.69) is 37.8 Å². The van der Waals surface area contributed by atoms with Crippen molar-refractivity contribution in [2.45, 2.75) is 64.2 Å². The molecule has 0 bridgehead atoms. The van der Waals surface area contributed by atoms with Crippen LogP contribution in [0.25, 0.3) is 0 Å². The monoisotopic (exact) mass is 690 g/mol. The van der Waals surface area contributed by atoms with Crippen molar-refractivity contribution in [1.29, 1.82) is 0 Å². The Labute approximate surface area is 284 Å². The van der Waals surface area contributed by atoms with E-state index in [1.165, 1.54) is 0 Å². The largest absolute Gasteiger partial charge is 0.476 e. The van der Waals surface area contributed by atoms with Gasteiger partial charge in [0.2, 0.25) is 23.6 Å². The first-order chi connectivity index (χ1) is 22.7. The molecule has 1 unspecified atom stereocenters. The van der Waals surface area contributed by atoms with E-state index in [-0.39, 0.29) is 42.5 Å². The van der Waals surface area contributed by atoms with Gasteiger partial charge >= 0.3 is 6.09 Å². The molecule has 0 aromatic carbocycles. The maximum Gasteiger partial charge on any atom is 0.412 e. The van der Waals surface area contributed by atoms with Crippen LogP contribution in [0, 0.1) is 0 Å². The van der Waals surface area contributed by atoms with Crippen molar-refractivity contribution in [2.24, 2.45) is 0 Å². The van der Waals surface area contributed by atoms with Crippen molar-refractivity contribution in [3.63, 3.8) is 0 Å². The van der Waals surface area contributed by atoms with Gasteiger partial charge in [-0.2, -0.15) is 9.97 Å². The van der Waals surface area contributed by atoms with Gasteiger partial charge in [-0.15, -0.1) is 0 Å². The van der Waals surface area contributed by atoms with Crippen LogP contribution in [0.2, 0.25) is 0 Å². The SMILES string of the molecule is CCCCNc1nc(NC(=O)OCCSSC(C)CCC(=O)NCCC=O)c2c(n1)N(Cc1ccc(OCCN(C)C)nc1)C(=O)C2. The van der Waals surface area contributed by atoms with E-state index in [1.807, 2.05) is 32.0 Å². The Morgan fingerprint density at radius 3 is 2.74 bits per heavy atom. The molecule has 0 radical (unpaired) electrons. The Morgan fingerprint density at radius 1 is 1.19 bits per heavy atom. The third kappa shape index (κ3) is 13.6. The molecule has 0 spiro atoms. The fourth-order valence-electron chi connectivity index (χ4n) is 4.26. The number of hydrogen-bond donors (Lipinski definition) is 3. The van der Waals surface area contributed by atoms with Gasteiger partial charge < -0.3 is 29.8 Å². The molecule has 3 rings (SSSR count). The Bertz CT molecular complexity index is 1320. The Morgan fingerprint density at radius 2 is 2.02 bits per heavy atom. The van der Waals surface area contributed by atoms with E-state index in [9.17, 15) is 19.2 Å². The zero-order valence-corrected chi connectivity index (χ0v) is 29.2. The number of rotatable bonds is 22. The average molecular weight is 691 g/mol. The Hall–Kier alpha value is -3.63. The number of amides is 3. The maximum absolute atomic E-state index is 13.2. The smallest absolute Gasteiger partial charge is 0.412 e. The van der Waals surface area contributed by atoms with Crippen LogP contribution >= 0.6 is 21.6 Å². The number of ether oxygens (including phenoxy) is 2. The van der Waals surface area contributed by atoms with Crippen molar-refractivity contribution < 1.29 is 28.7 Å². The molecule has 3 N–H and O–H groups in total. The van der Waals surface area contributed by atoms with Gasteiger partial charge in [-0.25, -0.2) is 9.78 Å². The predicted octanol–water partition coefficient (Wildman–Crippen LogP) is 3.92. The van der Waals surface area contributed by atoms with Crippen molar-refractivity contribution in [3.05, 3.63) is 29.5 Å². The molecular weight excluding hydrogens is 645 g/mol. The number of aromatic nitrogens is 3. The number of pyridine rings is 1. The lowest BCUT2D eigenvalue weighted by atomic mass is 10.2. The second-order valence-electron chi connectivity index (χ2n) is 11.1. The molecular formula is C31H46N8O6S2. The lowest BCUT2D eigenvalue weighted by Gasteiger charge is -2.18. The molecule has 1 atom stereocenters. The summed E-state index contributed by atoms with van der Waals surface area (Å²) in [6.07, 6.45) is 5.12. The quantitative estimate of drug-likeness (QED) is 0.0925. The number of nitrogens with zero attached hydrogens (tertiary/aromatic N) is 5. The third-order valence-electron chi connectivity index (χ3n) is 6.83. The molecule has 0 saturated carbocycles. The molecule has 0 fully saturated rings. The van der Waals surface area contributed by atoms with Crippen molar-refractivity contribution in [3.8, 4) is 5.88 Å². The molecule has 2 aromatic rings. The molecule has 47 heavy (non-hydrogen) atoms. The Balaban J connectivity index is 1.55. The molecule has 258 valence electrons. The number of nitrogens with one attached hydrogen (secondary N) is 3. The summed E-state index contributed by atoms with van der Waals surface area (Å²) >= 11 is 0. The molecule has 0 saturated heterocycles. The molecule has 1 aliphatic heterocycles. The van der Waals surface area contributed by atoms with Gasteiger partial charge in [0, 0.05) is 61.3 Å². The fourth-order valence-corrected chi connectivity index (χ4v) is 6.43. The van der Waals surface area contributed by atoms with E-state index in [1.54, 1.807) is 38.8 Å². The molecule has 14 nitrogen and oxygen atoms in total. The summed E-state index contributed by atoms with van der Waals surface area (Å²) in [6.45, 7) is 6.83. The van der Waals surface area contributed by atoms with Crippen LogP contribution in [0.15, 0.2) is 18.3 Å². The number of likely N-dealkylation sites (N-methyl/N-ethyl adjacent to an activating group) is 1. The standard InChI is InChI=1S/C31H46N8O6S2/c1-5-6-12-33-30-35-28(36-31(43)45-17-18-46-47-22(2)8-10-25(41)32-13-7-15-40)24-19-27(42)39(29(24)37-30)21-23-9-11-26(34-20-23)44-16-14-38(3)4/h9,11,15,20,22H,5-8,10,12-14,16-19,21H2,1-4H3,(H,32,41)(H2,33,35,36,37,43). The highest BCUT2D eigenvalue weighted by molar-refractivity contribution is 8.76. The highest BCUT2D eigenvalue weighted by atomic mass is 33.1. The zero-order chi connectivity index (χ0) is 34.0. The summed E-state index contributed by atoms with van der Waals surface area (Å²) in [7, 11) is 7.12. The summed E-state index contributed by atoms with van der Waals surface area (Å²) in [6, 6.07) is 3.65. The number of hydrogen-bond acceptors (Lipinski definition) is 13. The minimum absolute atomic E-state index is 0.0405. The number of carbonyl (C=O) groups is 4. The first-order valence-corrected chi connectivity index (χ1v) is 18.2. The molecule has 16 heteroatoms. The highest BCUT2D eigenvalue weighted by Crippen LogP contribution is 2.34. The second-order valence-corrected chi connectivity index (χ2v) is 14.1. The number of anilines is 3. The van der Waals surface area contributed by atoms with Gasteiger partial charge in [-0.1, -0.05) is 47.9 Å². The summed E-state index contributed by atoms with van der Waals surface area (Å²) in [4.78, 5) is 65.2. The summed E-state index contributed by atoms with van der Waals surface area (Å²) in [5, 5.41) is 8.85. The number of aldehydes is 1. The van der Waals surface area contributed by atoms with Crippen molar-refractivity contribution >= 4 is 63.4 Å². The van der Waals surface area contributed by atoms with E-state index >= 15 is 0 Å². The van der Waals surface area contributed by atoms with Gasteiger partial charge in [-0.05, 0) is 32.5 Å². The summed E-state index contributed by atoms with van der Waals surface area (Å²) < 4.78 is 11.1. The molecule has 2 aromatic heterocycles. The Kier molecular flexibility index (Phi) is 16.6. The summed E-state index contributed by atoms with van der Waals surface area (Å²) in [5.41, 5.74) is 1.33. The molecule has 3 amide bonds. The highest BCUT2D eigenvalue weighted by Gasteiger charge is 2.33. The second kappa shape index (κ2) is 20.6. The van der Waals surface area contributed by atoms with Crippen LogP contribution in [0.5, 0.6) is 5.88 Å². The van der Waals surface area contributed by atoms with Crippen LogP contribution in [0.3, 0.4) is 0 Å². The number of unbranched alkanes of at least 4 members (excludes halogenated alkanes) is 1. The topological polar surface area (TPSA) is 168 Å². The van der Waals surface area contributed by atoms with Gasteiger partial charge in [0.05, 0.1) is 13.0 Å². The lowest BCUT2D eigenvalue weighted by molar-refractivity contribution is -0.121. The van der Waals surface area contributed by atoms with Crippen LogP contribution in [0.1, 0.15) is 57.1 Å². The van der Waals surface area contributed by atoms with Crippen LogP contribution in [-0.2, 0) is 32.1 Å². The van der Waals surface area contributed by atoms with Crippen LogP contribution < -0.4 is 25.6 Å². The normalized spacial score (nSPS) is 12.9. The molecule has 0 aliphatic carbocycles. The first-order valence-electron chi connectivity index (χ1n) is 15.8. The molecule has 3 heterocycles. The van der Waals surface area contributed by atoms with E-state index in [0.717, 1.165) is 31.2 Å². The third-order valence-corrected chi connectivity index (χ3v) is 9.75. The van der Waals surface area contributed by atoms with Gasteiger partial charge in [-0.3, -0.25) is 19.8 Å². The van der Waals surface area contributed by atoms with Crippen LogP contribution in [0.4, 0.5) is 22.4 Å². The number of carbonyl (C=O) groups excluding carboxylic acids is 4. The van der Waals surface area contributed by atoms with E-state index < -0.39 is 6.09 Å². The maximum atomic E-state index is 13.2. The van der Waals surface area contributed by atoms with Crippen molar-refractivity contribution in [1.82, 2.24) is 25.2 Å². The number of fused-ring (bicyclic) bond motifs is 1. The van der Waals surface area contributed by atoms with E-state index in [4.69, 9.17) is 9.47 Å². The first kappa shape index (κ1) is 37.8. The van der Waals surface area contributed by atoms with Gasteiger partial charge in [0.15, 0.2) is 0 Å². The predicted molar refractivity (Wildman–Crippen MR) is 186 cm³/mol. The minimum Gasteiger partial charge on any atom is -0.476 e. The molecule has 1 aliphatic rings. The van der Waals surface area contributed by atoms with Gasteiger partial charge in [0.1, 0.15) is 31.1 Å². The minimum atomic E-state index is -0.670. The summed E-state index contributed by atoms with van der Waals surface area (Å²) in [5.74, 6) is 1.82. The van der Waals surface area contributed by atoms with E-state index in [0.29, 0.717) is 67.9 Å². The van der Waals surface area contributed by atoms with Gasteiger partial charge in [0.25, 0.3) is 0 Å². The average Bonchev–Trinajstić information content (AvgIpc) is 3.35. The lowest BCUT2D eigenvalue weighted by Crippen LogP contribution is -2.27.